The summed E-state index contributed by atoms with van der Waals surface area (Å²) < 4.78 is 18.3. The van der Waals surface area contributed by atoms with Gasteiger partial charge in [-0.15, -0.1) is 0 Å². The molecule has 0 heterocycles. The van der Waals surface area contributed by atoms with Crippen LogP contribution in [0.3, 0.4) is 0 Å². The maximum Gasteiger partial charge on any atom is 0.251 e. The van der Waals surface area contributed by atoms with Gasteiger partial charge in [-0.05, 0) is 48.9 Å². The number of hydrogen-bond acceptors (Lipinski definition) is 3. The molecule has 0 aliphatic carbocycles. The molecule has 2 aromatic carbocycles. The van der Waals surface area contributed by atoms with Crippen LogP contribution < -0.4 is 10.1 Å². The highest BCUT2D eigenvalue weighted by Gasteiger charge is 2.09. The molecule has 1 atom stereocenters. The number of carbonyl (C=O) groups is 1. The van der Waals surface area contributed by atoms with E-state index < -0.39 is 6.10 Å². The summed E-state index contributed by atoms with van der Waals surface area (Å²) in [7, 11) is 0. The summed E-state index contributed by atoms with van der Waals surface area (Å²) in [6.07, 6.45) is -0.844. The van der Waals surface area contributed by atoms with Gasteiger partial charge in [0, 0.05) is 12.1 Å². The van der Waals surface area contributed by atoms with E-state index in [1.54, 1.807) is 24.3 Å². The van der Waals surface area contributed by atoms with Gasteiger partial charge in [-0.2, -0.15) is 0 Å². The van der Waals surface area contributed by atoms with E-state index in [2.05, 4.69) is 5.32 Å². The lowest BCUT2D eigenvalue weighted by molar-refractivity contribution is 0.0955. The van der Waals surface area contributed by atoms with Crippen LogP contribution in [0.5, 0.6) is 5.75 Å². The zero-order valence-electron chi connectivity index (χ0n) is 12.3. The van der Waals surface area contributed by atoms with Gasteiger partial charge in [0.2, 0.25) is 0 Å². The fourth-order valence-corrected chi connectivity index (χ4v) is 1.92. The standard InChI is InChI=1S/C17H18FNO3/c1-2-19-17(21)13-5-9-15(10-6-13)22-11-16(20)12-3-7-14(18)8-4-12/h3-10,16,20H,2,11H2,1H3,(H,19,21). The number of amides is 1. The normalized spacial score (nSPS) is 11.8. The van der Waals surface area contributed by atoms with E-state index in [1.807, 2.05) is 6.92 Å². The van der Waals surface area contributed by atoms with E-state index >= 15 is 0 Å². The van der Waals surface area contributed by atoms with E-state index in [0.29, 0.717) is 23.4 Å². The number of nitrogens with one attached hydrogen (secondary N) is 1. The van der Waals surface area contributed by atoms with E-state index in [-0.39, 0.29) is 18.3 Å². The van der Waals surface area contributed by atoms with Crippen molar-refractivity contribution in [3.8, 4) is 5.75 Å². The molecule has 0 aliphatic heterocycles. The molecule has 1 amide bonds. The van der Waals surface area contributed by atoms with Crippen LogP contribution in [0.1, 0.15) is 28.9 Å². The highest BCUT2D eigenvalue weighted by Crippen LogP contribution is 2.17. The van der Waals surface area contributed by atoms with Crippen LogP contribution in [0.4, 0.5) is 4.39 Å². The number of benzene rings is 2. The Labute approximate surface area is 128 Å². The van der Waals surface area contributed by atoms with Crippen molar-refractivity contribution in [2.45, 2.75) is 13.0 Å². The van der Waals surface area contributed by atoms with E-state index in [4.69, 9.17) is 4.74 Å². The first kappa shape index (κ1) is 16.0. The van der Waals surface area contributed by atoms with Gasteiger partial charge in [0.25, 0.3) is 5.91 Å². The topological polar surface area (TPSA) is 58.6 Å². The maximum absolute atomic E-state index is 12.8. The van der Waals surface area contributed by atoms with Crippen LogP contribution in [0.15, 0.2) is 48.5 Å². The summed E-state index contributed by atoms with van der Waals surface area (Å²) in [5.74, 6) is 0.0624. The summed E-state index contributed by atoms with van der Waals surface area (Å²) >= 11 is 0. The van der Waals surface area contributed by atoms with Crippen LogP contribution >= 0.6 is 0 Å². The molecule has 0 fully saturated rings. The van der Waals surface area contributed by atoms with Crippen molar-refractivity contribution in [3.63, 3.8) is 0 Å². The van der Waals surface area contributed by atoms with Crippen LogP contribution in [0.2, 0.25) is 0 Å². The molecule has 5 heteroatoms. The van der Waals surface area contributed by atoms with Crippen molar-refractivity contribution in [1.82, 2.24) is 5.32 Å². The number of ether oxygens (including phenoxy) is 1. The predicted octanol–water partition coefficient (Wildman–Crippen LogP) is 2.69. The molecule has 2 rings (SSSR count). The summed E-state index contributed by atoms with van der Waals surface area (Å²) in [5, 5.41) is 12.7. The number of carbonyl (C=O) groups excluding carboxylic acids is 1. The van der Waals surface area contributed by atoms with Gasteiger partial charge in [-0.3, -0.25) is 4.79 Å². The lowest BCUT2D eigenvalue weighted by atomic mass is 10.1. The molecule has 0 bridgehead atoms. The molecule has 22 heavy (non-hydrogen) atoms. The SMILES string of the molecule is CCNC(=O)c1ccc(OCC(O)c2ccc(F)cc2)cc1. The summed E-state index contributed by atoms with van der Waals surface area (Å²) in [6.45, 7) is 2.47. The minimum Gasteiger partial charge on any atom is -0.491 e. The molecule has 0 saturated carbocycles. The average Bonchev–Trinajstić information content (AvgIpc) is 2.54. The molecule has 2 aromatic rings. The summed E-state index contributed by atoms with van der Waals surface area (Å²) in [6, 6.07) is 12.3. The lowest BCUT2D eigenvalue weighted by Crippen LogP contribution is -2.22. The Balaban J connectivity index is 1.91. The minimum absolute atomic E-state index is 0.0478. The second-order valence-corrected chi connectivity index (χ2v) is 4.76. The maximum atomic E-state index is 12.8. The molecule has 0 spiro atoms. The molecular formula is C17H18FNO3. The first-order valence-corrected chi connectivity index (χ1v) is 7.04. The smallest absolute Gasteiger partial charge is 0.251 e. The molecule has 1 unspecified atom stereocenters. The summed E-state index contributed by atoms with van der Waals surface area (Å²) in [5.41, 5.74) is 1.13. The first-order valence-electron chi connectivity index (χ1n) is 7.04. The summed E-state index contributed by atoms with van der Waals surface area (Å²) in [4.78, 5) is 11.6. The third-order valence-corrected chi connectivity index (χ3v) is 3.12. The molecule has 4 nitrogen and oxygen atoms in total. The van der Waals surface area contributed by atoms with Crippen molar-refractivity contribution in [2.75, 3.05) is 13.2 Å². The third-order valence-electron chi connectivity index (χ3n) is 3.12. The Morgan fingerprint density at radius 3 is 2.41 bits per heavy atom. The number of hydrogen-bond donors (Lipinski definition) is 2. The van der Waals surface area contributed by atoms with E-state index in [9.17, 15) is 14.3 Å². The molecule has 0 aliphatic rings. The van der Waals surface area contributed by atoms with Crippen molar-refractivity contribution >= 4 is 5.91 Å². The Kier molecular flexibility index (Phi) is 5.49. The van der Waals surface area contributed by atoms with Gasteiger partial charge in [-0.1, -0.05) is 12.1 Å². The van der Waals surface area contributed by atoms with Gasteiger partial charge in [0.05, 0.1) is 0 Å². The van der Waals surface area contributed by atoms with Crippen molar-refractivity contribution in [1.29, 1.82) is 0 Å². The monoisotopic (exact) mass is 303 g/mol. The Morgan fingerprint density at radius 1 is 1.18 bits per heavy atom. The fraction of sp³-hybridized carbons (Fsp3) is 0.235. The zero-order chi connectivity index (χ0) is 15.9. The predicted molar refractivity (Wildman–Crippen MR) is 81.3 cm³/mol. The van der Waals surface area contributed by atoms with Crippen molar-refractivity contribution < 1.29 is 19.0 Å². The molecule has 116 valence electrons. The number of rotatable bonds is 6. The van der Waals surface area contributed by atoms with Crippen LogP contribution in [-0.4, -0.2) is 24.2 Å². The number of halogens is 1. The largest absolute Gasteiger partial charge is 0.491 e. The molecule has 2 N–H and O–H groups in total. The first-order chi connectivity index (χ1) is 10.6. The second kappa shape index (κ2) is 7.56. The Bertz CT molecular complexity index is 611. The van der Waals surface area contributed by atoms with Crippen LogP contribution in [0, 0.1) is 5.82 Å². The fourth-order valence-electron chi connectivity index (χ4n) is 1.92. The van der Waals surface area contributed by atoms with Gasteiger partial charge >= 0.3 is 0 Å². The quantitative estimate of drug-likeness (QED) is 0.862. The van der Waals surface area contributed by atoms with E-state index in [0.717, 1.165) is 0 Å². The second-order valence-electron chi connectivity index (χ2n) is 4.76. The molecular weight excluding hydrogens is 285 g/mol. The molecule has 0 aromatic heterocycles. The van der Waals surface area contributed by atoms with Crippen LogP contribution in [-0.2, 0) is 0 Å². The molecule has 0 radical (unpaired) electrons. The average molecular weight is 303 g/mol. The Morgan fingerprint density at radius 2 is 1.82 bits per heavy atom. The third kappa shape index (κ3) is 4.30. The lowest BCUT2D eigenvalue weighted by Gasteiger charge is -2.13. The van der Waals surface area contributed by atoms with Gasteiger partial charge in [-0.25, -0.2) is 4.39 Å². The Hall–Kier alpha value is -2.40. The van der Waals surface area contributed by atoms with E-state index in [1.165, 1.54) is 24.3 Å². The molecule has 0 saturated heterocycles. The minimum atomic E-state index is -0.844. The van der Waals surface area contributed by atoms with Crippen LogP contribution in [0.25, 0.3) is 0 Å². The number of aliphatic hydroxyl groups is 1. The van der Waals surface area contributed by atoms with Crippen molar-refractivity contribution in [3.05, 3.63) is 65.5 Å². The highest BCUT2D eigenvalue weighted by atomic mass is 19.1. The number of aliphatic hydroxyl groups excluding tert-OH is 1. The van der Waals surface area contributed by atoms with Gasteiger partial charge in [0.15, 0.2) is 0 Å². The highest BCUT2D eigenvalue weighted by molar-refractivity contribution is 5.94. The van der Waals surface area contributed by atoms with Gasteiger partial charge in [0.1, 0.15) is 24.3 Å². The van der Waals surface area contributed by atoms with Crippen molar-refractivity contribution in [2.24, 2.45) is 0 Å². The van der Waals surface area contributed by atoms with Gasteiger partial charge < -0.3 is 15.2 Å². The zero-order valence-corrected chi connectivity index (χ0v) is 12.3.